The monoisotopic (exact) mass is 250 g/mol. The molecule has 7 heteroatoms. The first-order valence-electron chi connectivity index (χ1n) is 5.64. The van der Waals surface area contributed by atoms with Crippen molar-refractivity contribution in [1.82, 2.24) is 14.3 Å². The average Bonchev–Trinajstić information content (AvgIpc) is 2.26. The SMILES string of the molecule is CC(C)CNS(=O)(=O)N1CCNCC1CN. The zero-order valence-electron chi connectivity index (χ0n) is 9.94. The molecule has 1 heterocycles. The second kappa shape index (κ2) is 5.92. The van der Waals surface area contributed by atoms with Crippen LogP contribution in [-0.4, -0.2) is 51.5 Å². The van der Waals surface area contributed by atoms with Crippen LogP contribution in [0.5, 0.6) is 0 Å². The average molecular weight is 250 g/mol. The maximum absolute atomic E-state index is 12.0. The van der Waals surface area contributed by atoms with E-state index in [-0.39, 0.29) is 6.04 Å². The van der Waals surface area contributed by atoms with Gasteiger partial charge >= 0.3 is 0 Å². The van der Waals surface area contributed by atoms with E-state index in [0.29, 0.717) is 38.6 Å². The summed E-state index contributed by atoms with van der Waals surface area (Å²) in [5.41, 5.74) is 5.57. The van der Waals surface area contributed by atoms with Gasteiger partial charge in [-0.1, -0.05) is 13.8 Å². The lowest BCUT2D eigenvalue weighted by atomic mass is 10.2. The van der Waals surface area contributed by atoms with Crippen LogP contribution < -0.4 is 15.8 Å². The fourth-order valence-corrected chi connectivity index (χ4v) is 3.21. The van der Waals surface area contributed by atoms with Gasteiger partial charge in [-0.15, -0.1) is 0 Å². The molecule has 1 rings (SSSR count). The van der Waals surface area contributed by atoms with Gasteiger partial charge in [0, 0.05) is 32.7 Å². The highest BCUT2D eigenvalue weighted by Crippen LogP contribution is 2.07. The highest BCUT2D eigenvalue weighted by Gasteiger charge is 2.30. The lowest BCUT2D eigenvalue weighted by Gasteiger charge is -2.34. The third-order valence-electron chi connectivity index (χ3n) is 2.55. The topological polar surface area (TPSA) is 87.5 Å². The van der Waals surface area contributed by atoms with Crippen molar-refractivity contribution >= 4 is 10.2 Å². The molecule has 96 valence electrons. The molecule has 0 aromatic rings. The standard InChI is InChI=1S/C9H22N4O2S/c1-8(2)6-12-16(14,15)13-4-3-11-7-9(13)5-10/h8-9,11-12H,3-7,10H2,1-2H3. The minimum Gasteiger partial charge on any atom is -0.329 e. The number of nitrogens with two attached hydrogens (primary N) is 1. The van der Waals surface area contributed by atoms with Gasteiger partial charge in [-0.2, -0.15) is 12.7 Å². The van der Waals surface area contributed by atoms with Gasteiger partial charge < -0.3 is 11.1 Å². The lowest BCUT2D eigenvalue weighted by molar-refractivity contribution is 0.268. The molecular formula is C9H22N4O2S. The van der Waals surface area contributed by atoms with E-state index in [0.717, 1.165) is 0 Å². The van der Waals surface area contributed by atoms with Gasteiger partial charge in [0.05, 0.1) is 6.04 Å². The summed E-state index contributed by atoms with van der Waals surface area (Å²) in [4.78, 5) is 0. The Kier molecular flexibility index (Phi) is 5.13. The van der Waals surface area contributed by atoms with Crippen LogP contribution in [0, 0.1) is 5.92 Å². The molecule has 6 nitrogen and oxygen atoms in total. The van der Waals surface area contributed by atoms with Crippen molar-refractivity contribution in [3.8, 4) is 0 Å². The molecule has 0 bridgehead atoms. The van der Waals surface area contributed by atoms with Gasteiger partial charge in [-0.05, 0) is 5.92 Å². The van der Waals surface area contributed by atoms with E-state index < -0.39 is 10.2 Å². The smallest absolute Gasteiger partial charge is 0.279 e. The lowest BCUT2D eigenvalue weighted by Crippen LogP contribution is -2.59. The number of hydrogen-bond donors (Lipinski definition) is 3. The molecule has 0 amide bonds. The molecule has 0 saturated carbocycles. The van der Waals surface area contributed by atoms with Crippen LogP contribution in [0.2, 0.25) is 0 Å². The Balaban J connectivity index is 2.64. The molecular weight excluding hydrogens is 228 g/mol. The summed E-state index contributed by atoms with van der Waals surface area (Å²) in [5.74, 6) is 0.300. The number of nitrogens with one attached hydrogen (secondary N) is 2. The predicted molar refractivity (Wildman–Crippen MR) is 64.2 cm³/mol. The van der Waals surface area contributed by atoms with E-state index in [4.69, 9.17) is 5.73 Å². The van der Waals surface area contributed by atoms with Crippen molar-refractivity contribution in [3.05, 3.63) is 0 Å². The molecule has 1 unspecified atom stereocenters. The van der Waals surface area contributed by atoms with Gasteiger partial charge in [0.2, 0.25) is 0 Å². The van der Waals surface area contributed by atoms with Crippen LogP contribution in [0.1, 0.15) is 13.8 Å². The van der Waals surface area contributed by atoms with Crippen LogP contribution >= 0.6 is 0 Å². The molecule has 0 radical (unpaired) electrons. The minimum atomic E-state index is -3.38. The Labute approximate surface area is 97.7 Å². The van der Waals surface area contributed by atoms with E-state index in [1.54, 1.807) is 0 Å². The molecule has 1 aliphatic heterocycles. The fourth-order valence-electron chi connectivity index (χ4n) is 1.61. The van der Waals surface area contributed by atoms with Crippen LogP contribution in [0.4, 0.5) is 0 Å². The van der Waals surface area contributed by atoms with E-state index in [1.165, 1.54) is 4.31 Å². The summed E-state index contributed by atoms with van der Waals surface area (Å²) in [6, 6.07) is -0.140. The third kappa shape index (κ3) is 3.67. The zero-order chi connectivity index (χ0) is 12.2. The van der Waals surface area contributed by atoms with Crippen LogP contribution in [0.15, 0.2) is 0 Å². The first-order chi connectivity index (χ1) is 7.47. The van der Waals surface area contributed by atoms with Gasteiger partial charge in [-0.25, -0.2) is 4.72 Å². The quantitative estimate of drug-likeness (QED) is 0.566. The molecule has 1 atom stereocenters. The van der Waals surface area contributed by atoms with Gasteiger partial charge in [-0.3, -0.25) is 0 Å². The first kappa shape index (κ1) is 13.9. The van der Waals surface area contributed by atoms with E-state index in [2.05, 4.69) is 10.0 Å². The summed E-state index contributed by atoms with van der Waals surface area (Å²) < 4.78 is 28.1. The normalized spacial score (nSPS) is 23.9. The highest BCUT2D eigenvalue weighted by atomic mass is 32.2. The largest absolute Gasteiger partial charge is 0.329 e. The van der Waals surface area contributed by atoms with E-state index >= 15 is 0 Å². The summed E-state index contributed by atoms with van der Waals surface area (Å²) in [6.07, 6.45) is 0. The summed E-state index contributed by atoms with van der Waals surface area (Å²) in [6.45, 7) is 6.54. The van der Waals surface area contributed by atoms with Crippen molar-refractivity contribution in [2.45, 2.75) is 19.9 Å². The van der Waals surface area contributed by atoms with Crippen molar-refractivity contribution in [3.63, 3.8) is 0 Å². The third-order valence-corrected chi connectivity index (χ3v) is 4.18. The molecule has 0 aromatic carbocycles. The minimum absolute atomic E-state index is 0.140. The maximum Gasteiger partial charge on any atom is 0.279 e. The van der Waals surface area contributed by atoms with E-state index in [1.807, 2.05) is 13.8 Å². The fraction of sp³-hybridized carbons (Fsp3) is 1.00. The number of hydrogen-bond acceptors (Lipinski definition) is 4. The van der Waals surface area contributed by atoms with Crippen molar-refractivity contribution < 1.29 is 8.42 Å². The Morgan fingerprint density at radius 2 is 2.25 bits per heavy atom. The summed E-state index contributed by atoms with van der Waals surface area (Å²) in [5, 5.41) is 3.14. The maximum atomic E-state index is 12.0. The Bertz CT molecular complexity index is 305. The number of nitrogens with zero attached hydrogens (tertiary/aromatic N) is 1. The second-order valence-corrected chi connectivity index (χ2v) is 6.16. The molecule has 0 spiro atoms. The van der Waals surface area contributed by atoms with Gasteiger partial charge in [0.25, 0.3) is 10.2 Å². The van der Waals surface area contributed by atoms with Crippen LogP contribution in [-0.2, 0) is 10.2 Å². The van der Waals surface area contributed by atoms with Crippen molar-refractivity contribution in [1.29, 1.82) is 0 Å². The Hall–Kier alpha value is -0.210. The van der Waals surface area contributed by atoms with Crippen LogP contribution in [0.25, 0.3) is 0 Å². The number of piperazine rings is 1. The molecule has 16 heavy (non-hydrogen) atoms. The second-order valence-electron chi connectivity index (χ2n) is 4.45. The molecule has 1 saturated heterocycles. The van der Waals surface area contributed by atoms with Crippen molar-refractivity contribution in [2.24, 2.45) is 11.7 Å². The summed E-state index contributed by atoms with van der Waals surface area (Å²) in [7, 11) is -3.38. The number of rotatable bonds is 5. The predicted octanol–water partition coefficient (Wildman–Crippen LogP) is -1.29. The molecule has 1 aliphatic rings. The molecule has 0 aromatic heterocycles. The Morgan fingerprint density at radius 1 is 1.56 bits per heavy atom. The first-order valence-corrected chi connectivity index (χ1v) is 7.08. The Morgan fingerprint density at radius 3 is 2.81 bits per heavy atom. The molecule has 4 N–H and O–H groups in total. The highest BCUT2D eigenvalue weighted by molar-refractivity contribution is 7.87. The summed E-state index contributed by atoms with van der Waals surface area (Å²) >= 11 is 0. The van der Waals surface area contributed by atoms with Crippen LogP contribution in [0.3, 0.4) is 0 Å². The zero-order valence-corrected chi connectivity index (χ0v) is 10.8. The van der Waals surface area contributed by atoms with Gasteiger partial charge in [0.15, 0.2) is 0 Å². The van der Waals surface area contributed by atoms with Gasteiger partial charge in [0.1, 0.15) is 0 Å². The van der Waals surface area contributed by atoms with E-state index in [9.17, 15) is 8.42 Å². The molecule has 0 aliphatic carbocycles. The molecule has 1 fully saturated rings. The van der Waals surface area contributed by atoms with Crippen molar-refractivity contribution in [2.75, 3.05) is 32.7 Å².